The van der Waals surface area contributed by atoms with Gasteiger partial charge in [-0.25, -0.2) is 0 Å². The number of nitrogens with one attached hydrogen (secondary N) is 2. The maximum atomic E-state index is 11.8. The average Bonchev–Trinajstić information content (AvgIpc) is 2.39. The molecule has 0 saturated carbocycles. The molecule has 0 bridgehead atoms. The van der Waals surface area contributed by atoms with E-state index in [1.807, 2.05) is 12.1 Å². The normalized spacial score (nSPS) is 10.1. The predicted octanol–water partition coefficient (Wildman–Crippen LogP) is 1.09. The minimum absolute atomic E-state index is 0.305. The molecule has 2 rings (SSSR count). The highest BCUT2D eigenvalue weighted by molar-refractivity contribution is 6.04. The standard InChI is InChI=1S/C13H13N3O2/c14-8-9-1-3-11(4-2-9)16-13(18)10-5-6-15-12(17)7-10/h1-7H,8,14H2,(H,15,17)(H,16,18). The predicted molar refractivity (Wildman–Crippen MR) is 69.3 cm³/mol. The van der Waals surface area contributed by atoms with Crippen molar-refractivity contribution in [3.63, 3.8) is 0 Å². The van der Waals surface area contributed by atoms with Crippen LogP contribution in [0.3, 0.4) is 0 Å². The third-order valence-corrected chi connectivity index (χ3v) is 2.48. The zero-order valence-corrected chi connectivity index (χ0v) is 9.64. The molecule has 5 nitrogen and oxygen atoms in total. The van der Waals surface area contributed by atoms with Gasteiger partial charge >= 0.3 is 0 Å². The lowest BCUT2D eigenvalue weighted by Crippen LogP contribution is -2.15. The molecule has 92 valence electrons. The van der Waals surface area contributed by atoms with Crippen LogP contribution in [0.15, 0.2) is 47.4 Å². The van der Waals surface area contributed by atoms with Gasteiger partial charge < -0.3 is 16.0 Å². The van der Waals surface area contributed by atoms with Crippen molar-refractivity contribution in [2.75, 3.05) is 5.32 Å². The van der Waals surface area contributed by atoms with Crippen molar-refractivity contribution < 1.29 is 4.79 Å². The van der Waals surface area contributed by atoms with Gasteiger partial charge in [0.2, 0.25) is 5.56 Å². The first-order valence-electron chi connectivity index (χ1n) is 5.48. The van der Waals surface area contributed by atoms with Crippen LogP contribution in [-0.4, -0.2) is 10.9 Å². The van der Waals surface area contributed by atoms with E-state index in [2.05, 4.69) is 10.3 Å². The molecule has 0 aliphatic heterocycles. The number of nitrogens with two attached hydrogens (primary N) is 1. The summed E-state index contributed by atoms with van der Waals surface area (Å²) in [4.78, 5) is 25.4. The Balaban J connectivity index is 2.13. The highest BCUT2D eigenvalue weighted by Gasteiger charge is 2.06. The number of aromatic amines is 1. The second-order valence-electron chi connectivity index (χ2n) is 3.80. The number of rotatable bonds is 3. The van der Waals surface area contributed by atoms with Crippen molar-refractivity contribution in [1.29, 1.82) is 0 Å². The van der Waals surface area contributed by atoms with Gasteiger partial charge in [-0.15, -0.1) is 0 Å². The Morgan fingerprint density at radius 3 is 2.56 bits per heavy atom. The summed E-state index contributed by atoms with van der Waals surface area (Å²) < 4.78 is 0. The summed E-state index contributed by atoms with van der Waals surface area (Å²) in [5.74, 6) is -0.318. The number of carbonyl (C=O) groups is 1. The molecule has 0 unspecified atom stereocenters. The van der Waals surface area contributed by atoms with Crippen molar-refractivity contribution in [1.82, 2.24) is 4.98 Å². The van der Waals surface area contributed by atoms with E-state index in [0.717, 1.165) is 5.56 Å². The van der Waals surface area contributed by atoms with Crippen LogP contribution < -0.4 is 16.6 Å². The summed E-state index contributed by atoms with van der Waals surface area (Å²) in [6, 6.07) is 10.0. The van der Waals surface area contributed by atoms with Crippen molar-refractivity contribution in [3.8, 4) is 0 Å². The summed E-state index contributed by atoms with van der Waals surface area (Å²) in [6.07, 6.45) is 1.44. The van der Waals surface area contributed by atoms with Gasteiger partial charge in [0.1, 0.15) is 0 Å². The molecule has 0 radical (unpaired) electrons. The van der Waals surface area contributed by atoms with E-state index < -0.39 is 0 Å². The molecular weight excluding hydrogens is 230 g/mol. The lowest BCUT2D eigenvalue weighted by atomic mass is 10.2. The molecule has 1 aromatic carbocycles. The van der Waals surface area contributed by atoms with Crippen LogP contribution in [0.5, 0.6) is 0 Å². The fourth-order valence-electron chi connectivity index (χ4n) is 1.51. The van der Waals surface area contributed by atoms with Crippen LogP contribution in [0, 0.1) is 0 Å². The van der Waals surface area contributed by atoms with E-state index in [1.165, 1.54) is 12.3 Å². The third kappa shape index (κ3) is 2.83. The Morgan fingerprint density at radius 2 is 1.94 bits per heavy atom. The van der Waals surface area contributed by atoms with Gasteiger partial charge in [-0.3, -0.25) is 9.59 Å². The zero-order chi connectivity index (χ0) is 13.0. The molecule has 0 atom stereocenters. The molecule has 4 N–H and O–H groups in total. The van der Waals surface area contributed by atoms with Gasteiger partial charge in [0, 0.05) is 30.1 Å². The smallest absolute Gasteiger partial charge is 0.255 e. The highest BCUT2D eigenvalue weighted by atomic mass is 16.2. The highest BCUT2D eigenvalue weighted by Crippen LogP contribution is 2.10. The second kappa shape index (κ2) is 5.29. The lowest BCUT2D eigenvalue weighted by molar-refractivity contribution is 0.102. The minimum atomic E-state index is -0.318. The maximum Gasteiger partial charge on any atom is 0.255 e. The Morgan fingerprint density at radius 1 is 1.22 bits per heavy atom. The van der Waals surface area contributed by atoms with E-state index in [4.69, 9.17) is 5.73 Å². The molecule has 5 heteroatoms. The van der Waals surface area contributed by atoms with Gasteiger partial charge in [0.15, 0.2) is 0 Å². The molecule has 0 aliphatic carbocycles. The number of benzene rings is 1. The molecule has 1 amide bonds. The Hall–Kier alpha value is -2.40. The molecule has 0 saturated heterocycles. The van der Waals surface area contributed by atoms with Crippen LogP contribution in [0.1, 0.15) is 15.9 Å². The van der Waals surface area contributed by atoms with Crippen LogP contribution in [-0.2, 0) is 6.54 Å². The zero-order valence-electron chi connectivity index (χ0n) is 9.64. The molecule has 0 spiro atoms. The van der Waals surface area contributed by atoms with Crippen LogP contribution >= 0.6 is 0 Å². The molecule has 1 aromatic heterocycles. The second-order valence-corrected chi connectivity index (χ2v) is 3.80. The number of H-pyrrole nitrogens is 1. The largest absolute Gasteiger partial charge is 0.329 e. The number of hydrogen-bond acceptors (Lipinski definition) is 3. The van der Waals surface area contributed by atoms with E-state index in [9.17, 15) is 9.59 Å². The van der Waals surface area contributed by atoms with Crippen LogP contribution in [0.4, 0.5) is 5.69 Å². The summed E-state index contributed by atoms with van der Waals surface area (Å²) >= 11 is 0. The molecule has 1 heterocycles. The number of hydrogen-bond donors (Lipinski definition) is 3. The molecule has 2 aromatic rings. The fraction of sp³-hybridized carbons (Fsp3) is 0.0769. The molecule has 0 aliphatic rings. The summed E-state index contributed by atoms with van der Waals surface area (Å²) in [5.41, 5.74) is 7.15. The van der Waals surface area contributed by atoms with Gasteiger partial charge in [0.25, 0.3) is 5.91 Å². The topological polar surface area (TPSA) is 88.0 Å². The van der Waals surface area contributed by atoms with Crippen molar-refractivity contribution in [3.05, 3.63) is 64.1 Å². The van der Waals surface area contributed by atoms with Gasteiger partial charge in [-0.05, 0) is 23.8 Å². The van der Waals surface area contributed by atoms with Crippen LogP contribution in [0.2, 0.25) is 0 Å². The number of carbonyl (C=O) groups excluding carboxylic acids is 1. The molecular formula is C13H13N3O2. The number of anilines is 1. The monoisotopic (exact) mass is 243 g/mol. The summed E-state index contributed by atoms with van der Waals surface area (Å²) in [7, 11) is 0. The van der Waals surface area contributed by atoms with E-state index in [1.54, 1.807) is 18.2 Å². The van der Waals surface area contributed by atoms with E-state index in [0.29, 0.717) is 17.8 Å². The van der Waals surface area contributed by atoms with Crippen molar-refractivity contribution >= 4 is 11.6 Å². The first kappa shape index (κ1) is 12.1. The Labute approximate surface area is 104 Å². The maximum absolute atomic E-state index is 11.8. The average molecular weight is 243 g/mol. The summed E-state index contributed by atoms with van der Waals surface area (Å²) in [5, 5.41) is 2.70. The quantitative estimate of drug-likeness (QED) is 0.753. The number of pyridine rings is 1. The number of amides is 1. The van der Waals surface area contributed by atoms with Crippen LogP contribution in [0.25, 0.3) is 0 Å². The third-order valence-electron chi connectivity index (χ3n) is 2.48. The molecule has 0 fully saturated rings. The van der Waals surface area contributed by atoms with E-state index >= 15 is 0 Å². The first-order chi connectivity index (χ1) is 8.69. The van der Waals surface area contributed by atoms with Crippen molar-refractivity contribution in [2.45, 2.75) is 6.54 Å². The minimum Gasteiger partial charge on any atom is -0.329 e. The van der Waals surface area contributed by atoms with Gasteiger partial charge in [0.05, 0.1) is 0 Å². The summed E-state index contributed by atoms with van der Waals surface area (Å²) in [6.45, 7) is 0.461. The number of aromatic nitrogens is 1. The van der Waals surface area contributed by atoms with Gasteiger partial charge in [-0.1, -0.05) is 12.1 Å². The molecule has 18 heavy (non-hydrogen) atoms. The fourth-order valence-corrected chi connectivity index (χ4v) is 1.51. The first-order valence-corrected chi connectivity index (χ1v) is 5.48. The Bertz CT molecular complexity index is 602. The SMILES string of the molecule is NCc1ccc(NC(=O)c2cc[nH]c(=O)c2)cc1. The lowest BCUT2D eigenvalue weighted by Gasteiger charge is -2.05. The van der Waals surface area contributed by atoms with Gasteiger partial charge in [-0.2, -0.15) is 0 Å². The van der Waals surface area contributed by atoms with Crippen molar-refractivity contribution in [2.24, 2.45) is 5.73 Å². The Kier molecular flexibility index (Phi) is 3.54. The van der Waals surface area contributed by atoms with E-state index in [-0.39, 0.29) is 11.5 Å².